The molecular weight excluding hydrogens is 1870 g/mol. The molecule has 8 heterocycles. The molecule has 4 saturated heterocycles. The normalized spacial score (nSPS) is 14.5. The maximum Gasteiger partial charge on any atom is 0.373 e. The average molecular weight is 1970 g/mol. The number of carbonyl (C=O) groups is 5. The van der Waals surface area contributed by atoms with Crippen molar-refractivity contribution in [2.75, 3.05) is 130 Å². The van der Waals surface area contributed by atoms with Crippen LogP contribution in [-0.2, 0) is 70.3 Å². The summed E-state index contributed by atoms with van der Waals surface area (Å²) in [5.74, 6) is 2.87. The highest BCUT2D eigenvalue weighted by Gasteiger charge is 2.28. The van der Waals surface area contributed by atoms with E-state index in [9.17, 15) is 24.0 Å². The summed E-state index contributed by atoms with van der Waals surface area (Å²) < 4.78 is 45.9. The lowest BCUT2D eigenvalue weighted by Gasteiger charge is -2.30. The standard InChI is InChI=1S/C22H30BrNOS.C20H24BrN3O4S.C20H25BrN2O3S.C19H21BrN2O5S.3CO2/c1-4-13-25-21-19(5-2)26-22(20(21)23)18-8-6-7-17(15-18)14-16-9-11-24(3)12-10-16;1-24-7-5-14(6-8-24)23-15-4-2-3-13(9-15)19-17(21)18(20(29-19)28-12-25)27-11-16(26)10-22;1-3-11-25-18-17(21)19(27-20(18)26-13-24)14-5-4-6-16(12-14)22-15-7-9-23(2)10-8-15;1-22-7-5-14(6-8-22)21-15-4-2-3-13(9-15)18-16(20)17(27-12-25-10-23)19(28-18)26-11-24;3*2-1-3/h6-8,15-16H,4-5,9-14H2,1-3H3;2-4,9,12,14,23H,5-8,10-11,22H2,1H3;4-6,12-13,15,22H,3,7-11H2,1-2H3;2-4,9-11,14,21H,5-8,12H2,1H3;;;. The van der Waals surface area contributed by atoms with Crippen LogP contribution >= 0.6 is 109 Å². The number of carbonyl (C=O) groups excluding carboxylic acids is 11. The molecule has 119 heavy (non-hydrogen) atoms. The van der Waals surface area contributed by atoms with E-state index in [0.29, 0.717) is 92.0 Å². The molecule has 12 rings (SSSR count). The van der Waals surface area contributed by atoms with Gasteiger partial charge in [0.2, 0.25) is 22.0 Å². The first-order valence-electron chi connectivity index (χ1n) is 38.4. The fourth-order valence-electron chi connectivity index (χ4n) is 13.0. The first-order valence-corrected chi connectivity index (χ1v) is 44.9. The number of hydrogen-bond donors (Lipinski definition) is 4. The monoisotopic (exact) mass is 1970 g/mol. The Morgan fingerprint density at radius 3 is 1.13 bits per heavy atom. The zero-order valence-corrected chi connectivity index (χ0v) is 76.9. The van der Waals surface area contributed by atoms with Crippen LogP contribution in [0.2, 0.25) is 0 Å². The predicted octanol–water partition coefficient (Wildman–Crippen LogP) is 16.5. The number of likely N-dealkylation sites (tertiary alicyclic amines) is 4. The second-order valence-corrected chi connectivity index (χ2v) is 34.9. The van der Waals surface area contributed by atoms with E-state index >= 15 is 0 Å². The van der Waals surface area contributed by atoms with Gasteiger partial charge in [0.1, 0.15) is 12.4 Å². The third-order valence-electron chi connectivity index (χ3n) is 19.0. The molecule has 0 saturated carbocycles. The molecule has 0 radical (unpaired) electrons. The van der Waals surface area contributed by atoms with Crippen LogP contribution in [-0.4, -0.2) is 202 Å². The van der Waals surface area contributed by atoms with Crippen molar-refractivity contribution < 1.29 is 90.6 Å². The topological polar surface area (TPSA) is 337 Å². The average Bonchev–Trinajstić information content (AvgIpc) is 1.68. The largest absolute Gasteiger partial charge is 0.491 e. The Bertz CT molecular complexity index is 4550. The van der Waals surface area contributed by atoms with Gasteiger partial charge >= 0.3 is 18.5 Å². The summed E-state index contributed by atoms with van der Waals surface area (Å²) in [6, 6.07) is 35.0. The second kappa shape index (κ2) is 54.9. The number of thiophene rings is 4. The van der Waals surface area contributed by atoms with E-state index < -0.39 is 0 Å². The van der Waals surface area contributed by atoms with E-state index in [1.54, 1.807) is 0 Å². The Balaban J connectivity index is 0.000000238. The lowest BCUT2D eigenvalue weighted by Crippen LogP contribution is -2.36. The number of nitrogens with two attached hydrogens (primary N) is 1. The highest BCUT2D eigenvalue weighted by atomic mass is 79.9. The van der Waals surface area contributed by atoms with Gasteiger partial charge in [0.05, 0.1) is 57.2 Å². The van der Waals surface area contributed by atoms with Crippen LogP contribution in [0.3, 0.4) is 0 Å². The molecule has 642 valence electrons. The van der Waals surface area contributed by atoms with Crippen LogP contribution in [0.15, 0.2) is 115 Å². The summed E-state index contributed by atoms with van der Waals surface area (Å²) in [4.78, 5) is 118. The zero-order valence-electron chi connectivity index (χ0n) is 67.3. The first-order chi connectivity index (χ1) is 57.6. The molecule has 27 nitrogen and oxygen atoms in total. The van der Waals surface area contributed by atoms with Gasteiger partial charge in [-0.2, -0.15) is 28.8 Å². The van der Waals surface area contributed by atoms with Crippen molar-refractivity contribution in [2.45, 2.75) is 116 Å². The number of ether oxygens (including phenoxy) is 8. The fourth-order valence-corrected chi connectivity index (χ4v) is 20.6. The molecule has 5 N–H and O–H groups in total. The number of anilines is 3. The Kier molecular flexibility index (Phi) is 45.9. The number of benzene rings is 4. The summed E-state index contributed by atoms with van der Waals surface area (Å²) in [5, 5.41) is 11.9. The van der Waals surface area contributed by atoms with Crippen molar-refractivity contribution in [3.05, 3.63) is 125 Å². The van der Waals surface area contributed by atoms with Gasteiger partial charge < -0.3 is 79.2 Å². The molecule has 0 unspecified atom stereocenters. The molecule has 0 aliphatic carbocycles. The van der Waals surface area contributed by atoms with Crippen LogP contribution in [0, 0.1) is 5.92 Å². The summed E-state index contributed by atoms with van der Waals surface area (Å²) >= 11 is 20.3. The Hall–Kier alpha value is -8.31. The molecule has 0 spiro atoms. The number of Topliss-reactive ketones (excluding diaryl/α,β-unsaturated/α-hetero) is 1. The summed E-state index contributed by atoms with van der Waals surface area (Å²) in [6.45, 7) is 17.7. The third-order valence-corrected chi connectivity index (χ3v) is 27.8. The number of nitrogens with one attached hydrogen (secondary N) is 3. The number of piperidine rings is 4. The highest BCUT2D eigenvalue weighted by molar-refractivity contribution is 9.11. The van der Waals surface area contributed by atoms with Gasteiger partial charge in [-0.05, 0) is 291 Å². The Morgan fingerprint density at radius 2 is 0.782 bits per heavy atom. The van der Waals surface area contributed by atoms with Crippen molar-refractivity contribution in [1.29, 1.82) is 0 Å². The number of aryl methyl sites for hydroxylation is 1. The molecule has 4 fully saturated rings. The molecule has 4 aromatic carbocycles. The number of rotatable bonds is 33. The SMILES string of the molecule is CCCOc1c(CC)sc(-c2cccc(CC3CCN(C)CC3)c2)c1Br.CCCOc1c(OC=O)sc(-c2cccc(NC3CCN(C)CC3)c2)c1Br.CN1CCC(Nc2cccc(-c3sc(OC=O)c(OCC(=O)CN)c3Br)c2)CC1.CN1CCC(Nc2cccc(-c3sc(OC=O)c(OCOC=O)c3Br)c2)CC1.O=C=O.O=C=O.O=C=O. The van der Waals surface area contributed by atoms with Crippen molar-refractivity contribution in [2.24, 2.45) is 11.7 Å². The molecule has 0 bridgehead atoms. The molecule has 0 atom stereocenters. The van der Waals surface area contributed by atoms with E-state index in [1.165, 1.54) is 87.2 Å². The molecule has 4 aliphatic heterocycles. The maximum atomic E-state index is 11.5. The minimum Gasteiger partial charge on any atom is -0.491 e. The van der Waals surface area contributed by atoms with Crippen LogP contribution in [0.25, 0.3) is 41.8 Å². The minimum atomic E-state index is -0.273. The van der Waals surface area contributed by atoms with Crippen LogP contribution < -0.4 is 54.8 Å². The molecule has 35 heteroatoms. The van der Waals surface area contributed by atoms with E-state index in [4.69, 9.17) is 67.7 Å². The van der Waals surface area contributed by atoms with Gasteiger partial charge in [-0.1, -0.05) is 115 Å². The number of hydrogen-bond acceptors (Lipinski definition) is 31. The maximum absolute atomic E-state index is 11.5. The minimum absolute atomic E-state index is 0.108. The van der Waals surface area contributed by atoms with Gasteiger partial charge in [-0.3, -0.25) is 24.0 Å². The predicted molar refractivity (Wildman–Crippen MR) is 474 cm³/mol. The Morgan fingerprint density at radius 1 is 0.454 bits per heavy atom. The van der Waals surface area contributed by atoms with E-state index in [1.807, 2.05) is 60.7 Å². The zero-order chi connectivity index (χ0) is 86.6. The number of nitrogens with zero attached hydrogens (tertiary/aromatic N) is 4. The van der Waals surface area contributed by atoms with Crippen LogP contribution in [0.4, 0.5) is 17.1 Å². The first kappa shape index (κ1) is 99.5. The molecular formula is C84H100Br4N8O19S4. The molecule has 4 aromatic heterocycles. The van der Waals surface area contributed by atoms with Crippen molar-refractivity contribution in [3.8, 4) is 80.0 Å². The van der Waals surface area contributed by atoms with Crippen molar-refractivity contribution >= 4 is 176 Å². The fraction of sp³-hybridized carbons (Fsp3) is 0.429. The molecule has 8 aromatic rings. The van der Waals surface area contributed by atoms with Crippen LogP contribution in [0.1, 0.15) is 95.4 Å². The second-order valence-electron chi connectivity index (χ2n) is 27.6. The number of ketones is 1. The van der Waals surface area contributed by atoms with Gasteiger partial charge in [-0.25, -0.2) is 0 Å². The highest BCUT2D eigenvalue weighted by Crippen LogP contribution is 2.54. The van der Waals surface area contributed by atoms with Crippen molar-refractivity contribution in [3.63, 3.8) is 0 Å². The lowest BCUT2D eigenvalue weighted by atomic mass is 9.90. The van der Waals surface area contributed by atoms with Gasteiger partial charge in [0, 0.05) is 40.1 Å². The summed E-state index contributed by atoms with van der Waals surface area (Å²) in [6.07, 6.45) is 14.2. The quantitative estimate of drug-likeness (QED) is 0.0169. The summed E-state index contributed by atoms with van der Waals surface area (Å²) in [7, 11) is 8.69. The van der Waals surface area contributed by atoms with Gasteiger partial charge in [0.25, 0.3) is 25.9 Å². The smallest absolute Gasteiger partial charge is 0.373 e. The van der Waals surface area contributed by atoms with Crippen LogP contribution in [0.5, 0.6) is 38.2 Å². The Labute approximate surface area is 743 Å². The summed E-state index contributed by atoms with van der Waals surface area (Å²) in [5.41, 5.74) is 14.3. The van der Waals surface area contributed by atoms with Gasteiger partial charge in [-0.15, -0.1) is 11.3 Å². The van der Waals surface area contributed by atoms with Gasteiger partial charge in [0.15, 0.2) is 23.0 Å². The van der Waals surface area contributed by atoms with Crippen molar-refractivity contribution in [1.82, 2.24) is 19.6 Å². The number of halogens is 4. The van der Waals surface area contributed by atoms with E-state index in [0.717, 1.165) is 173 Å². The van der Waals surface area contributed by atoms with E-state index in [2.05, 4.69) is 201 Å². The van der Waals surface area contributed by atoms with E-state index in [-0.39, 0.29) is 44.2 Å². The lowest BCUT2D eigenvalue weighted by molar-refractivity contribution is -0.193. The molecule has 0 amide bonds. The third kappa shape index (κ3) is 32.2. The molecule has 4 aliphatic rings.